The van der Waals surface area contributed by atoms with Crippen molar-refractivity contribution in [3.05, 3.63) is 29.8 Å². The minimum Gasteiger partial charge on any atom is -0.497 e. The molecule has 0 saturated carbocycles. The Bertz CT molecular complexity index is 331. The third-order valence-corrected chi connectivity index (χ3v) is 3.51. The molecule has 1 aliphatic heterocycles. The van der Waals surface area contributed by atoms with Crippen molar-refractivity contribution in [1.82, 2.24) is 10.2 Å². The summed E-state index contributed by atoms with van der Waals surface area (Å²) in [5.74, 6) is 0.921. The first kappa shape index (κ1) is 12.4. The normalized spacial score (nSPS) is 18.2. The van der Waals surface area contributed by atoms with E-state index < -0.39 is 0 Å². The molecule has 0 aromatic heterocycles. The Labute approximate surface area is 104 Å². The Kier molecular flexibility index (Phi) is 4.40. The van der Waals surface area contributed by atoms with E-state index in [0.717, 1.165) is 12.3 Å². The van der Waals surface area contributed by atoms with Crippen LogP contribution in [0, 0.1) is 0 Å². The number of hydrogen-bond donors (Lipinski definition) is 1. The molecular formula is C14H22N2O. The van der Waals surface area contributed by atoms with Crippen LogP contribution in [-0.4, -0.2) is 38.7 Å². The molecule has 1 aromatic carbocycles. The molecule has 0 aliphatic carbocycles. The fraction of sp³-hybridized carbons (Fsp3) is 0.571. The molecule has 1 aliphatic rings. The number of benzene rings is 1. The van der Waals surface area contributed by atoms with E-state index in [-0.39, 0.29) is 0 Å². The zero-order chi connectivity index (χ0) is 12.1. The van der Waals surface area contributed by atoms with Crippen LogP contribution in [0.15, 0.2) is 24.3 Å². The molecule has 3 nitrogen and oxygen atoms in total. The van der Waals surface area contributed by atoms with Crippen molar-refractivity contribution in [2.24, 2.45) is 0 Å². The van der Waals surface area contributed by atoms with Crippen molar-refractivity contribution < 1.29 is 4.74 Å². The first-order valence-electron chi connectivity index (χ1n) is 6.37. The van der Waals surface area contributed by atoms with Crippen LogP contribution in [0.5, 0.6) is 5.75 Å². The largest absolute Gasteiger partial charge is 0.497 e. The maximum atomic E-state index is 5.19. The molecule has 0 unspecified atom stereocenters. The van der Waals surface area contributed by atoms with E-state index in [4.69, 9.17) is 4.74 Å². The lowest BCUT2D eigenvalue weighted by molar-refractivity contribution is 0.299. The van der Waals surface area contributed by atoms with Crippen molar-refractivity contribution in [3.8, 4) is 5.75 Å². The predicted molar refractivity (Wildman–Crippen MR) is 70.5 cm³/mol. The summed E-state index contributed by atoms with van der Waals surface area (Å²) in [6, 6.07) is 8.78. The molecule has 0 spiro atoms. The molecule has 0 amide bonds. The van der Waals surface area contributed by atoms with Crippen LogP contribution >= 0.6 is 0 Å². The van der Waals surface area contributed by atoms with E-state index in [1.165, 1.54) is 31.5 Å². The van der Waals surface area contributed by atoms with Crippen LogP contribution in [0.3, 0.4) is 0 Å². The highest BCUT2D eigenvalue weighted by Gasteiger charge is 2.17. The predicted octanol–water partition coefficient (Wildman–Crippen LogP) is 2.05. The zero-order valence-corrected chi connectivity index (χ0v) is 10.8. The van der Waals surface area contributed by atoms with Crippen molar-refractivity contribution in [3.63, 3.8) is 0 Å². The Morgan fingerprint density at radius 1 is 1.24 bits per heavy atom. The van der Waals surface area contributed by atoms with Crippen LogP contribution in [0.1, 0.15) is 24.4 Å². The summed E-state index contributed by atoms with van der Waals surface area (Å²) in [5, 5.41) is 3.40. The fourth-order valence-electron chi connectivity index (χ4n) is 2.42. The summed E-state index contributed by atoms with van der Waals surface area (Å²) >= 11 is 0. The van der Waals surface area contributed by atoms with Gasteiger partial charge in [-0.1, -0.05) is 12.1 Å². The molecule has 0 bridgehead atoms. The van der Waals surface area contributed by atoms with E-state index in [1.54, 1.807) is 7.11 Å². The number of likely N-dealkylation sites (tertiary alicyclic amines) is 1. The van der Waals surface area contributed by atoms with Gasteiger partial charge in [0.1, 0.15) is 5.75 Å². The standard InChI is InChI=1S/C14H22N2O/c1-15-14(11-16-9-3-4-10-16)12-5-7-13(17-2)8-6-12/h5-8,14-15H,3-4,9-11H2,1-2H3/t14-/m1/s1. The van der Waals surface area contributed by atoms with Gasteiger partial charge >= 0.3 is 0 Å². The van der Waals surface area contributed by atoms with E-state index in [0.29, 0.717) is 6.04 Å². The van der Waals surface area contributed by atoms with Gasteiger partial charge < -0.3 is 15.0 Å². The first-order valence-corrected chi connectivity index (χ1v) is 6.37. The SMILES string of the molecule is CN[C@H](CN1CCCC1)c1ccc(OC)cc1. The highest BCUT2D eigenvalue weighted by atomic mass is 16.5. The molecule has 3 heteroatoms. The number of ether oxygens (including phenoxy) is 1. The van der Waals surface area contributed by atoms with Crippen LogP contribution in [-0.2, 0) is 0 Å². The molecule has 1 atom stereocenters. The van der Waals surface area contributed by atoms with Gasteiger partial charge in [-0.3, -0.25) is 0 Å². The summed E-state index contributed by atoms with van der Waals surface area (Å²) in [7, 11) is 3.74. The molecule has 2 rings (SSSR count). The van der Waals surface area contributed by atoms with Gasteiger partial charge in [-0.2, -0.15) is 0 Å². The average Bonchev–Trinajstić information content (AvgIpc) is 2.89. The van der Waals surface area contributed by atoms with Crippen LogP contribution in [0.25, 0.3) is 0 Å². The second-order valence-corrected chi connectivity index (χ2v) is 4.62. The number of nitrogens with zero attached hydrogens (tertiary/aromatic N) is 1. The lowest BCUT2D eigenvalue weighted by Gasteiger charge is -2.23. The second kappa shape index (κ2) is 6.03. The fourth-order valence-corrected chi connectivity index (χ4v) is 2.42. The Morgan fingerprint density at radius 2 is 1.88 bits per heavy atom. The van der Waals surface area contributed by atoms with Crippen LogP contribution in [0.2, 0.25) is 0 Å². The van der Waals surface area contributed by atoms with Crippen molar-refractivity contribution >= 4 is 0 Å². The maximum Gasteiger partial charge on any atom is 0.118 e. The van der Waals surface area contributed by atoms with Gasteiger partial charge in [0.15, 0.2) is 0 Å². The topological polar surface area (TPSA) is 24.5 Å². The smallest absolute Gasteiger partial charge is 0.118 e. The molecule has 1 heterocycles. The van der Waals surface area contributed by atoms with E-state index in [9.17, 15) is 0 Å². The maximum absolute atomic E-state index is 5.19. The molecular weight excluding hydrogens is 212 g/mol. The molecule has 0 radical (unpaired) electrons. The number of rotatable bonds is 5. The highest BCUT2D eigenvalue weighted by Crippen LogP contribution is 2.20. The second-order valence-electron chi connectivity index (χ2n) is 4.62. The molecule has 1 N–H and O–H groups in total. The summed E-state index contributed by atoms with van der Waals surface area (Å²) in [4.78, 5) is 2.53. The van der Waals surface area contributed by atoms with Gasteiger partial charge in [-0.25, -0.2) is 0 Å². The molecule has 94 valence electrons. The van der Waals surface area contributed by atoms with E-state index in [1.807, 2.05) is 19.2 Å². The van der Waals surface area contributed by atoms with Gasteiger partial charge in [-0.15, -0.1) is 0 Å². The van der Waals surface area contributed by atoms with Gasteiger partial charge in [0.2, 0.25) is 0 Å². The molecule has 1 fully saturated rings. The third-order valence-electron chi connectivity index (χ3n) is 3.51. The minimum atomic E-state index is 0.416. The van der Waals surface area contributed by atoms with Gasteiger partial charge in [0, 0.05) is 12.6 Å². The summed E-state index contributed by atoms with van der Waals surface area (Å²) < 4.78 is 5.19. The molecule has 1 aromatic rings. The Morgan fingerprint density at radius 3 is 2.41 bits per heavy atom. The van der Waals surface area contributed by atoms with E-state index in [2.05, 4.69) is 22.3 Å². The highest BCUT2D eigenvalue weighted by molar-refractivity contribution is 5.29. The van der Waals surface area contributed by atoms with Gasteiger partial charge in [-0.05, 0) is 50.7 Å². The van der Waals surface area contributed by atoms with Crippen molar-refractivity contribution in [1.29, 1.82) is 0 Å². The van der Waals surface area contributed by atoms with Crippen LogP contribution < -0.4 is 10.1 Å². The van der Waals surface area contributed by atoms with Crippen LogP contribution in [0.4, 0.5) is 0 Å². The Balaban J connectivity index is 2.00. The first-order chi connectivity index (χ1) is 8.33. The average molecular weight is 234 g/mol. The third kappa shape index (κ3) is 3.20. The Hall–Kier alpha value is -1.06. The lowest BCUT2D eigenvalue weighted by atomic mass is 10.1. The van der Waals surface area contributed by atoms with E-state index >= 15 is 0 Å². The van der Waals surface area contributed by atoms with Gasteiger partial charge in [0.25, 0.3) is 0 Å². The monoisotopic (exact) mass is 234 g/mol. The van der Waals surface area contributed by atoms with Crippen molar-refractivity contribution in [2.75, 3.05) is 33.8 Å². The minimum absolute atomic E-state index is 0.416. The zero-order valence-electron chi connectivity index (χ0n) is 10.8. The number of likely N-dealkylation sites (N-methyl/N-ethyl adjacent to an activating group) is 1. The molecule has 1 saturated heterocycles. The number of methoxy groups -OCH3 is 1. The summed E-state index contributed by atoms with van der Waals surface area (Å²) in [5.41, 5.74) is 1.33. The lowest BCUT2D eigenvalue weighted by Crippen LogP contribution is -2.31. The quantitative estimate of drug-likeness (QED) is 0.844. The number of hydrogen-bond acceptors (Lipinski definition) is 3. The number of nitrogens with one attached hydrogen (secondary N) is 1. The molecule has 17 heavy (non-hydrogen) atoms. The van der Waals surface area contributed by atoms with Gasteiger partial charge in [0.05, 0.1) is 7.11 Å². The van der Waals surface area contributed by atoms with Crippen molar-refractivity contribution in [2.45, 2.75) is 18.9 Å². The summed E-state index contributed by atoms with van der Waals surface area (Å²) in [6.45, 7) is 3.59. The summed E-state index contributed by atoms with van der Waals surface area (Å²) in [6.07, 6.45) is 2.69.